The molecule has 0 aromatic heterocycles. The lowest BCUT2D eigenvalue weighted by atomic mass is 9.88. The van der Waals surface area contributed by atoms with Crippen molar-refractivity contribution >= 4 is 17.8 Å². The number of amides is 2. The fourth-order valence-corrected chi connectivity index (χ4v) is 9.96. The highest BCUT2D eigenvalue weighted by Crippen LogP contribution is 2.41. The van der Waals surface area contributed by atoms with Gasteiger partial charge in [-0.3, -0.25) is 9.59 Å². The summed E-state index contributed by atoms with van der Waals surface area (Å²) in [5.41, 5.74) is 0. The molecule has 0 saturated carbocycles. The third kappa shape index (κ3) is 13.9. The van der Waals surface area contributed by atoms with Gasteiger partial charge in [0.1, 0.15) is 141 Å². The van der Waals surface area contributed by atoms with E-state index in [0.29, 0.717) is 0 Å². The maximum absolute atomic E-state index is 13.5. The third-order valence-electron chi connectivity index (χ3n) is 14.3. The summed E-state index contributed by atoms with van der Waals surface area (Å²) in [6.45, 7) is -4.81. The molecule has 6 rings (SSSR count). The maximum Gasteiger partial charge on any atom is 0.364 e. The van der Waals surface area contributed by atoms with E-state index in [1.807, 2.05) is 0 Å². The van der Waals surface area contributed by atoms with Gasteiger partial charge in [0.2, 0.25) is 11.8 Å². The average Bonchev–Trinajstić information content (AvgIpc) is 3.49. The second-order valence-electron chi connectivity index (χ2n) is 19.7. The molecule has 0 aromatic carbocycles. The number of carboxylic acids is 1. The predicted octanol–water partition coefficient (Wildman–Crippen LogP) is -14.6. The monoisotopic (exact) mass is 1160 g/mol. The van der Waals surface area contributed by atoms with Gasteiger partial charge in [0.15, 0.2) is 31.5 Å². The first kappa shape index (κ1) is 65.4. The normalized spacial score (nSPS) is 47.7. The van der Waals surface area contributed by atoms with Crippen LogP contribution in [0.4, 0.5) is 0 Å². The number of rotatable bonds is 21. The Kier molecular flexibility index (Phi) is 22.9. The van der Waals surface area contributed by atoms with Crippen LogP contribution in [0, 0.1) is 0 Å². The molecule has 0 spiro atoms. The largest absolute Gasteiger partial charge is 0.477 e. The first-order valence-electron chi connectivity index (χ1n) is 24.8. The molecule has 458 valence electrons. The second kappa shape index (κ2) is 27.7. The standard InChI is InChI=1S/C43H72N2O34/c1-10-21(56)25(60)28(63)39(69-10)77-35-24(59)15(6-48)72-40(29(35)64)76-33-20(44-11(2)52)38(71-14(5-47)23(33)58)75-32-17(8-50)73-41(74-31-16(7-49)70-37(66)27(62)26(31)61)30(65)36(32)79-43(42(67)68)3-12(53)19(45-18(55)9-51)34(78-43)22(57)13(54)4-46/h10,12-17,19-41,46-51,53-54,56-66H,3-9H2,1-2H3,(H,44,52)(H,45,55)(H,67,68)/t10-,12-,13+,14+,15+,16+,17+,19+,20+,21+,22+,23-,24-,25+,26+,27+,28-,29+,30+,31+,32-,33+,34+,35-,36+,37+,38-,39-,40-,41-,43-/m0/s1. The molecule has 22 N–H and O–H groups in total. The number of carboxylic acid groups (broad SMARTS) is 1. The summed E-state index contributed by atoms with van der Waals surface area (Å²) in [6.07, 6.45) is -59.4. The molecule has 6 fully saturated rings. The van der Waals surface area contributed by atoms with Gasteiger partial charge in [-0.2, -0.15) is 0 Å². The fraction of sp³-hybridized carbons (Fsp3) is 0.930. The van der Waals surface area contributed by atoms with E-state index in [-0.39, 0.29) is 0 Å². The molecule has 0 radical (unpaired) electrons. The van der Waals surface area contributed by atoms with Gasteiger partial charge >= 0.3 is 5.97 Å². The van der Waals surface area contributed by atoms with Crippen LogP contribution in [0.3, 0.4) is 0 Å². The number of hydrogen-bond donors (Lipinski definition) is 22. The first-order chi connectivity index (χ1) is 37.2. The molecule has 0 unspecified atom stereocenters. The summed E-state index contributed by atoms with van der Waals surface area (Å²) < 4.78 is 63.4. The summed E-state index contributed by atoms with van der Waals surface area (Å²) in [4.78, 5) is 38.9. The van der Waals surface area contributed by atoms with E-state index < -0.39 is 254 Å². The van der Waals surface area contributed by atoms with Gasteiger partial charge in [-0.25, -0.2) is 4.79 Å². The molecule has 31 atom stereocenters. The fourth-order valence-electron chi connectivity index (χ4n) is 9.96. The van der Waals surface area contributed by atoms with Gasteiger partial charge in [-0.05, 0) is 6.92 Å². The summed E-state index contributed by atoms with van der Waals surface area (Å²) >= 11 is 0. The molecule has 6 aliphatic heterocycles. The highest BCUT2D eigenvalue weighted by molar-refractivity contribution is 5.78. The molecule has 79 heavy (non-hydrogen) atoms. The van der Waals surface area contributed by atoms with E-state index >= 15 is 0 Å². The smallest absolute Gasteiger partial charge is 0.364 e. The summed E-state index contributed by atoms with van der Waals surface area (Å²) in [5, 5.41) is 219. The van der Waals surface area contributed by atoms with Crippen molar-refractivity contribution in [3.63, 3.8) is 0 Å². The number of nitrogens with one attached hydrogen (secondary N) is 2. The van der Waals surface area contributed by atoms with Crippen molar-refractivity contribution in [2.24, 2.45) is 0 Å². The Labute approximate surface area is 446 Å². The van der Waals surface area contributed by atoms with Crippen molar-refractivity contribution in [3.05, 3.63) is 0 Å². The molecule has 0 bridgehead atoms. The summed E-state index contributed by atoms with van der Waals surface area (Å²) in [6, 6.07) is -3.90. The highest BCUT2D eigenvalue weighted by atomic mass is 16.8. The summed E-state index contributed by atoms with van der Waals surface area (Å²) in [7, 11) is 0. The number of carbonyl (C=O) groups excluding carboxylic acids is 2. The van der Waals surface area contributed by atoms with Crippen LogP contribution < -0.4 is 10.6 Å². The predicted molar refractivity (Wildman–Crippen MR) is 240 cm³/mol. The van der Waals surface area contributed by atoms with E-state index in [2.05, 4.69) is 10.6 Å². The van der Waals surface area contributed by atoms with Gasteiger partial charge in [0.05, 0.1) is 51.3 Å². The molecule has 2 amide bonds. The number of aliphatic hydroxyl groups is 19. The minimum absolute atomic E-state index is 0.919. The Bertz CT molecular complexity index is 1970. The molecular formula is C43H72N2O34. The van der Waals surface area contributed by atoms with Crippen LogP contribution in [0.25, 0.3) is 0 Å². The zero-order chi connectivity index (χ0) is 58.7. The van der Waals surface area contributed by atoms with Crippen molar-refractivity contribution < 1.29 is 169 Å². The van der Waals surface area contributed by atoms with Crippen molar-refractivity contribution in [2.45, 2.75) is 210 Å². The van der Waals surface area contributed by atoms with Crippen LogP contribution >= 0.6 is 0 Å². The second-order valence-corrected chi connectivity index (χ2v) is 19.7. The number of aliphatic carboxylic acids is 1. The minimum atomic E-state index is -3.44. The lowest BCUT2D eigenvalue weighted by molar-refractivity contribution is -0.403. The number of ether oxygens (including phenoxy) is 11. The molecule has 0 aromatic rings. The SMILES string of the molecule is CC(=O)N[C@H]1[C@H](O[C@@H]2[C@H](O[C@]3(C(=O)O)C[C@H](O)[C@@H](NC(=O)CO)[C@H]([C@H](O)[C@H](O)CO)O3)[C@@H](O)[C@H](O[C@H]3[C@H](O)[C@@H](O)[C@H](O)O[C@@H]3CO)O[C@@H]2CO)O[C@H](CO)[C@H](O)[C@@H]1O[C@@H]1O[C@H](CO)[C@H](O)[C@H](O[C@@H]2O[C@@H](C)[C@@H](O)[C@@H](O)[C@@H]2O)[C@H]1O. The average molecular weight is 1160 g/mol. The molecule has 0 aliphatic carbocycles. The van der Waals surface area contributed by atoms with Crippen LogP contribution in [0.5, 0.6) is 0 Å². The minimum Gasteiger partial charge on any atom is -0.477 e. The van der Waals surface area contributed by atoms with Crippen molar-refractivity contribution in [3.8, 4) is 0 Å². The van der Waals surface area contributed by atoms with Crippen LogP contribution in [0.1, 0.15) is 20.3 Å². The molecule has 6 aliphatic rings. The van der Waals surface area contributed by atoms with Crippen LogP contribution in [0.15, 0.2) is 0 Å². The number of hydrogen-bond acceptors (Lipinski definition) is 33. The van der Waals surface area contributed by atoms with Crippen molar-refractivity contribution in [1.82, 2.24) is 10.6 Å². The molecule has 6 heterocycles. The Hall–Kier alpha value is -2.79. The summed E-state index contributed by atoms with van der Waals surface area (Å²) in [5.74, 6) is -7.87. The van der Waals surface area contributed by atoms with Gasteiger partial charge in [0, 0.05) is 13.3 Å². The third-order valence-corrected chi connectivity index (χ3v) is 14.3. The van der Waals surface area contributed by atoms with Gasteiger partial charge in [0.25, 0.3) is 5.79 Å². The molecule has 6 saturated heterocycles. The van der Waals surface area contributed by atoms with Crippen molar-refractivity contribution in [2.75, 3.05) is 39.6 Å². The maximum atomic E-state index is 13.5. The molecular weight excluding hydrogens is 1090 g/mol. The zero-order valence-electron chi connectivity index (χ0n) is 41.9. The zero-order valence-corrected chi connectivity index (χ0v) is 41.9. The van der Waals surface area contributed by atoms with Crippen molar-refractivity contribution in [1.29, 1.82) is 0 Å². The van der Waals surface area contributed by atoms with E-state index in [0.717, 1.165) is 6.92 Å². The number of carbonyl (C=O) groups is 3. The highest BCUT2D eigenvalue weighted by Gasteiger charge is 2.62. The number of aliphatic hydroxyl groups excluding tert-OH is 19. The van der Waals surface area contributed by atoms with E-state index in [1.54, 1.807) is 0 Å². The lowest BCUT2D eigenvalue weighted by Crippen LogP contribution is -2.72. The van der Waals surface area contributed by atoms with Gasteiger partial charge in [-0.1, -0.05) is 0 Å². The van der Waals surface area contributed by atoms with Gasteiger partial charge in [-0.15, -0.1) is 0 Å². The first-order valence-corrected chi connectivity index (χ1v) is 24.8. The van der Waals surface area contributed by atoms with Crippen LogP contribution in [-0.2, 0) is 66.5 Å². The Morgan fingerprint density at radius 3 is 1.61 bits per heavy atom. The molecule has 36 nitrogen and oxygen atoms in total. The lowest BCUT2D eigenvalue weighted by Gasteiger charge is -2.53. The van der Waals surface area contributed by atoms with Gasteiger partial charge < -0.3 is 165 Å². The van der Waals surface area contributed by atoms with Crippen LogP contribution in [-0.4, -0.2) is 349 Å². The van der Waals surface area contributed by atoms with E-state index in [9.17, 15) is 117 Å². The van der Waals surface area contributed by atoms with E-state index in [4.69, 9.17) is 52.1 Å². The topological polar surface area (TPSA) is 581 Å². The van der Waals surface area contributed by atoms with Crippen LogP contribution in [0.2, 0.25) is 0 Å². The Morgan fingerprint density at radius 2 is 1.05 bits per heavy atom. The quantitative estimate of drug-likeness (QED) is 0.0507. The molecule has 36 heteroatoms. The van der Waals surface area contributed by atoms with E-state index in [1.165, 1.54) is 6.92 Å². The Balaban J connectivity index is 1.41. The Morgan fingerprint density at radius 1 is 0.544 bits per heavy atom.